The summed E-state index contributed by atoms with van der Waals surface area (Å²) in [6.07, 6.45) is 0.326. The third kappa shape index (κ3) is 2.40. The number of rotatable bonds is 3. The third-order valence-electron chi connectivity index (χ3n) is 2.59. The molecule has 2 rings (SSSR count). The van der Waals surface area contributed by atoms with Crippen molar-refractivity contribution >= 4 is 39.1 Å². The maximum absolute atomic E-state index is 10.5. The van der Waals surface area contributed by atoms with Crippen LogP contribution >= 0.6 is 22.9 Å². The second-order valence-electron chi connectivity index (χ2n) is 3.79. The van der Waals surface area contributed by atoms with Gasteiger partial charge in [-0.25, -0.2) is 9.97 Å². The fourth-order valence-corrected chi connectivity index (χ4v) is 3.01. The summed E-state index contributed by atoms with van der Waals surface area (Å²) < 4.78 is 0. The van der Waals surface area contributed by atoms with Gasteiger partial charge in [-0.3, -0.25) is 4.79 Å². The molecule has 4 nitrogen and oxygen atoms in total. The molecular formula is C11H11ClN2O2S. The van der Waals surface area contributed by atoms with Gasteiger partial charge in [-0.2, -0.15) is 0 Å². The van der Waals surface area contributed by atoms with Gasteiger partial charge in [0.25, 0.3) is 0 Å². The Bertz CT molecular complexity index is 595. The highest BCUT2D eigenvalue weighted by Gasteiger charge is 2.13. The van der Waals surface area contributed by atoms with Crippen LogP contribution in [0.1, 0.15) is 22.7 Å². The Labute approximate surface area is 107 Å². The number of nitrogens with zero attached hydrogens (tertiary/aromatic N) is 2. The highest BCUT2D eigenvalue weighted by molar-refractivity contribution is 7.18. The number of carboxylic acids is 1. The van der Waals surface area contributed by atoms with Crippen molar-refractivity contribution in [1.29, 1.82) is 0 Å². The van der Waals surface area contributed by atoms with E-state index in [2.05, 4.69) is 9.97 Å². The first-order chi connectivity index (χ1) is 7.99. The van der Waals surface area contributed by atoms with Gasteiger partial charge in [-0.05, 0) is 19.4 Å². The maximum atomic E-state index is 10.5. The number of fused-ring (bicyclic) bond motifs is 1. The molecule has 0 saturated carbocycles. The smallest absolute Gasteiger partial charge is 0.303 e. The average molecular weight is 271 g/mol. The van der Waals surface area contributed by atoms with Crippen LogP contribution in [-0.4, -0.2) is 21.0 Å². The molecule has 2 aromatic rings. The van der Waals surface area contributed by atoms with E-state index in [0.29, 0.717) is 17.4 Å². The first-order valence-corrected chi connectivity index (χ1v) is 6.32. The van der Waals surface area contributed by atoms with E-state index in [1.54, 1.807) is 11.3 Å². The van der Waals surface area contributed by atoms with Crippen LogP contribution in [-0.2, 0) is 11.2 Å². The number of hydrogen-bond acceptors (Lipinski definition) is 4. The average Bonchev–Trinajstić information content (AvgIpc) is 2.52. The van der Waals surface area contributed by atoms with Crippen molar-refractivity contribution in [2.75, 3.05) is 0 Å². The molecule has 0 atom stereocenters. The molecule has 0 aliphatic heterocycles. The van der Waals surface area contributed by atoms with E-state index in [1.807, 2.05) is 13.8 Å². The molecule has 0 unspecified atom stereocenters. The quantitative estimate of drug-likeness (QED) is 0.871. The minimum atomic E-state index is -0.858. The first-order valence-electron chi connectivity index (χ1n) is 5.13. The zero-order chi connectivity index (χ0) is 12.6. The number of thiophene rings is 1. The van der Waals surface area contributed by atoms with Gasteiger partial charge in [0.05, 0.1) is 11.8 Å². The van der Waals surface area contributed by atoms with E-state index in [0.717, 1.165) is 20.7 Å². The summed E-state index contributed by atoms with van der Waals surface area (Å²) in [5.74, 6) is -0.366. The largest absolute Gasteiger partial charge is 0.481 e. The molecule has 90 valence electrons. The fraction of sp³-hybridized carbons (Fsp3) is 0.364. The van der Waals surface area contributed by atoms with Crippen LogP contribution in [0, 0.1) is 13.8 Å². The second-order valence-corrected chi connectivity index (χ2v) is 5.35. The Morgan fingerprint density at radius 2 is 2.12 bits per heavy atom. The van der Waals surface area contributed by atoms with Gasteiger partial charge in [0, 0.05) is 11.3 Å². The van der Waals surface area contributed by atoms with Crippen molar-refractivity contribution in [3.63, 3.8) is 0 Å². The lowest BCUT2D eigenvalue weighted by Crippen LogP contribution is -2.01. The molecule has 0 amide bonds. The van der Waals surface area contributed by atoms with Crippen LogP contribution in [0.5, 0.6) is 0 Å². The molecule has 0 bridgehead atoms. The predicted molar refractivity (Wildman–Crippen MR) is 67.9 cm³/mol. The predicted octanol–water partition coefficient (Wildman–Crippen LogP) is 2.98. The molecular weight excluding hydrogens is 260 g/mol. The van der Waals surface area contributed by atoms with Crippen LogP contribution in [0.2, 0.25) is 5.15 Å². The van der Waals surface area contributed by atoms with Gasteiger partial charge in [-0.1, -0.05) is 11.6 Å². The Morgan fingerprint density at radius 3 is 2.76 bits per heavy atom. The van der Waals surface area contributed by atoms with E-state index in [4.69, 9.17) is 16.7 Å². The van der Waals surface area contributed by atoms with Crippen molar-refractivity contribution < 1.29 is 9.90 Å². The van der Waals surface area contributed by atoms with Crippen molar-refractivity contribution in [2.45, 2.75) is 26.7 Å². The SMILES string of the molecule is Cc1sc2nc(CCC(=O)O)nc(Cl)c2c1C. The summed E-state index contributed by atoms with van der Waals surface area (Å²) in [5, 5.41) is 9.92. The van der Waals surface area contributed by atoms with E-state index >= 15 is 0 Å². The molecule has 17 heavy (non-hydrogen) atoms. The number of carbonyl (C=O) groups is 1. The van der Waals surface area contributed by atoms with Crippen LogP contribution in [0.4, 0.5) is 0 Å². The van der Waals surface area contributed by atoms with E-state index in [9.17, 15) is 4.79 Å². The van der Waals surface area contributed by atoms with E-state index < -0.39 is 5.97 Å². The van der Waals surface area contributed by atoms with Gasteiger partial charge in [-0.15, -0.1) is 11.3 Å². The summed E-state index contributed by atoms with van der Waals surface area (Å²) in [6, 6.07) is 0. The van der Waals surface area contributed by atoms with Gasteiger partial charge >= 0.3 is 5.97 Å². The Balaban J connectivity index is 2.45. The second kappa shape index (κ2) is 4.58. The highest BCUT2D eigenvalue weighted by Crippen LogP contribution is 2.32. The fourth-order valence-electron chi connectivity index (χ4n) is 1.57. The van der Waals surface area contributed by atoms with Crippen LogP contribution in [0.25, 0.3) is 10.2 Å². The van der Waals surface area contributed by atoms with E-state index in [-0.39, 0.29) is 6.42 Å². The zero-order valence-corrected chi connectivity index (χ0v) is 11.0. The van der Waals surface area contributed by atoms with Crippen molar-refractivity contribution in [1.82, 2.24) is 9.97 Å². The van der Waals surface area contributed by atoms with Crippen molar-refractivity contribution in [3.8, 4) is 0 Å². The first kappa shape index (κ1) is 12.3. The van der Waals surface area contributed by atoms with Crippen LogP contribution in [0.3, 0.4) is 0 Å². The number of hydrogen-bond donors (Lipinski definition) is 1. The Kier molecular flexibility index (Phi) is 3.31. The molecule has 6 heteroatoms. The number of carboxylic acid groups (broad SMARTS) is 1. The van der Waals surface area contributed by atoms with Crippen molar-refractivity contribution in [3.05, 3.63) is 21.4 Å². The lowest BCUT2D eigenvalue weighted by molar-refractivity contribution is -0.137. The number of halogens is 1. The van der Waals surface area contributed by atoms with Gasteiger partial charge in [0.2, 0.25) is 0 Å². The molecule has 0 aromatic carbocycles. The summed E-state index contributed by atoms with van der Waals surface area (Å²) in [7, 11) is 0. The summed E-state index contributed by atoms with van der Waals surface area (Å²) in [4.78, 5) is 21.0. The minimum absolute atomic E-state index is 0.0190. The molecule has 0 aliphatic rings. The monoisotopic (exact) mass is 270 g/mol. The minimum Gasteiger partial charge on any atom is -0.481 e. The molecule has 2 aromatic heterocycles. The number of aromatic nitrogens is 2. The Morgan fingerprint density at radius 1 is 1.41 bits per heavy atom. The van der Waals surface area contributed by atoms with Gasteiger partial charge < -0.3 is 5.11 Å². The molecule has 0 radical (unpaired) electrons. The lowest BCUT2D eigenvalue weighted by Gasteiger charge is -2.00. The molecule has 0 saturated heterocycles. The molecule has 1 N–H and O–H groups in total. The molecule has 0 fully saturated rings. The van der Waals surface area contributed by atoms with E-state index in [1.165, 1.54) is 0 Å². The maximum Gasteiger partial charge on any atom is 0.303 e. The third-order valence-corrected chi connectivity index (χ3v) is 3.97. The van der Waals surface area contributed by atoms with Gasteiger partial charge in [0.15, 0.2) is 0 Å². The Hall–Kier alpha value is -1.20. The van der Waals surface area contributed by atoms with Crippen LogP contribution in [0.15, 0.2) is 0 Å². The lowest BCUT2D eigenvalue weighted by atomic mass is 10.2. The highest BCUT2D eigenvalue weighted by atomic mass is 35.5. The number of aryl methyl sites for hydroxylation is 3. The molecule has 2 heterocycles. The summed E-state index contributed by atoms with van der Waals surface area (Å²) in [5.41, 5.74) is 1.10. The standard InChI is InChI=1S/C11H11ClN2O2S/c1-5-6(2)17-11-9(5)10(12)13-7(14-11)3-4-8(15)16/h3-4H2,1-2H3,(H,15,16). The topological polar surface area (TPSA) is 63.1 Å². The normalized spacial score (nSPS) is 11.0. The molecule has 0 spiro atoms. The number of aliphatic carboxylic acids is 1. The zero-order valence-electron chi connectivity index (χ0n) is 9.45. The van der Waals surface area contributed by atoms with Crippen molar-refractivity contribution in [2.24, 2.45) is 0 Å². The van der Waals surface area contributed by atoms with Gasteiger partial charge in [0.1, 0.15) is 15.8 Å². The molecule has 0 aliphatic carbocycles. The summed E-state index contributed by atoms with van der Waals surface area (Å²) in [6.45, 7) is 4.00. The van der Waals surface area contributed by atoms with Crippen LogP contribution < -0.4 is 0 Å². The summed E-state index contributed by atoms with van der Waals surface area (Å²) >= 11 is 7.66.